The highest BCUT2D eigenvalue weighted by molar-refractivity contribution is 5.90. The monoisotopic (exact) mass is 691 g/mol. The molecule has 2 rings (SSSR count). The van der Waals surface area contributed by atoms with E-state index in [-0.39, 0.29) is 54.3 Å². The smallest absolute Gasteiger partial charge is 0.252 e. The second-order valence-corrected chi connectivity index (χ2v) is 13.5. The average Bonchev–Trinajstić information content (AvgIpc) is 3.45. The van der Waals surface area contributed by atoms with E-state index in [1.807, 2.05) is 71.9 Å². The second-order valence-electron chi connectivity index (χ2n) is 13.5. The number of methoxy groups -OCH3 is 3. The lowest BCUT2D eigenvalue weighted by Crippen LogP contribution is -2.59. The van der Waals surface area contributed by atoms with E-state index in [2.05, 4.69) is 21.3 Å². The summed E-state index contributed by atoms with van der Waals surface area (Å²) in [6.45, 7) is 12.1. The number of ether oxygens (including phenoxy) is 4. The van der Waals surface area contributed by atoms with E-state index in [0.29, 0.717) is 6.54 Å². The molecule has 1 saturated heterocycles. The van der Waals surface area contributed by atoms with Crippen LogP contribution in [-0.2, 0) is 44.7 Å². The van der Waals surface area contributed by atoms with E-state index in [9.17, 15) is 19.2 Å². The van der Waals surface area contributed by atoms with Crippen LogP contribution in [0.4, 0.5) is 0 Å². The van der Waals surface area contributed by atoms with Crippen LogP contribution in [0.25, 0.3) is 0 Å². The molecule has 0 radical (unpaired) electrons. The van der Waals surface area contributed by atoms with Gasteiger partial charge in [-0.3, -0.25) is 19.2 Å². The second kappa shape index (κ2) is 20.5. The van der Waals surface area contributed by atoms with Gasteiger partial charge in [-0.2, -0.15) is 0 Å². The molecule has 278 valence electrons. The molecule has 1 aromatic rings. The number of nitrogens with one attached hydrogen (secondary N) is 4. The summed E-state index contributed by atoms with van der Waals surface area (Å²) in [7, 11) is 7.95. The van der Waals surface area contributed by atoms with Crippen LogP contribution >= 0.6 is 0 Å². The van der Waals surface area contributed by atoms with Crippen molar-refractivity contribution in [2.45, 2.75) is 110 Å². The van der Waals surface area contributed by atoms with Gasteiger partial charge in [0.25, 0.3) is 5.91 Å². The topological polar surface area (TPSA) is 157 Å². The van der Waals surface area contributed by atoms with E-state index in [4.69, 9.17) is 18.9 Å². The maximum absolute atomic E-state index is 14.0. The molecule has 1 heterocycles. The fraction of sp³-hybridized carbons (Fsp3) is 0.722. The van der Waals surface area contributed by atoms with Crippen LogP contribution < -0.4 is 21.3 Å². The summed E-state index contributed by atoms with van der Waals surface area (Å²) in [6, 6.07) is 7.88. The Balaban J connectivity index is 2.13. The van der Waals surface area contributed by atoms with Crippen molar-refractivity contribution in [2.24, 2.45) is 17.8 Å². The van der Waals surface area contributed by atoms with Gasteiger partial charge >= 0.3 is 0 Å². The normalized spacial score (nSPS) is 22.2. The minimum atomic E-state index is -0.931. The van der Waals surface area contributed by atoms with Crippen molar-refractivity contribution in [1.82, 2.24) is 26.2 Å². The molecule has 4 amide bonds. The van der Waals surface area contributed by atoms with Gasteiger partial charge in [0.2, 0.25) is 17.7 Å². The minimum Gasteiger partial charge on any atom is -0.379 e. The van der Waals surface area contributed by atoms with E-state index in [0.717, 1.165) is 12.0 Å². The average molecular weight is 692 g/mol. The number of carbonyl (C=O) groups is 4. The zero-order valence-corrected chi connectivity index (χ0v) is 31.3. The molecule has 0 aliphatic carbocycles. The Morgan fingerprint density at radius 3 is 2.02 bits per heavy atom. The number of hydrogen-bond acceptors (Lipinski definition) is 9. The van der Waals surface area contributed by atoms with Crippen LogP contribution in [0.5, 0.6) is 0 Å². The molecule has 1 aliphatic heterocycles. The predicted molar refractivity (Wildman–Crippen MR) is 187 cm³/mol. The fourth-order valence-electron chi connectivity index (χ4n) is 6.47. The molecule has 13 nitrogen and oxygen atoms in total. The lowest BCUT2D eigenvalue weighted by Gasteiger charge is -2.40. The SMILES string of the molecule is CC[C@H](C)[C@@H]([C@@H](CC(=O)NC[C@H]1O[C@@H](C(=O)NCc2ccccc2)[C@@H](OC)[C@@H]1OC)OC)N(C)C(=O)[C@@H](NC(=O)[C@@H](NC)C(C)C)C(C)C. The number of hydrogen-bond donors (Lipinski definition) is 4. The van der Waals surface area contributed by atoms with Gasteiger partial charge in [0.15, 0.2) is 6.10 Å². The first kappa shape index (κ1) is 42.1. The van der Waals surface area contributed by atoms with Gasteiger partial charge in [0.1, 0.15) is 24.4 Å². The van der Waals surface area contributed by atoms with Gasteiger partial charge in [0, 0.05) is 41.5 Å². The summed E-state index contributed by atoms with van der Waals surface area (Å²) in [4.78, 5) is 55.2. The number of carbonyl (C=O) groups excluding carboxylic acids is 4. The highest BCUT2D eigenvalue weighted by atomic mass is 16.6. The third-order valence-electron chi connectivity index (χ3n) is 9.51. The Morgan fingerprint density at radius 1 is 0.898 bits per heavy atom. The minimum absolute atomic E-state index is 0.0235. The van der Waals surface area contributed by atoms with E-state index < -0.39 is 48.6 Å². The molecule has 49 heavy (non-hydrogen) atoms. The molecule has 0 aromatic heterocycles. The summed E-state index contributed by atoms with van der Waals surface area (Å²) < 4.78 is 23.2. The van der Waals surface area contributed by atoms with E-state index in [1.165, 1.54) is 21.3 Å². The van der Waals surface area contributed by atoms with Gasteiger partial charge in [-0.15, -0.1) is 0 Å². The summed E-state index contributed by atoms with van der Waals surface area (Å²) in [6.07, 6.45) is -2.80. The van der Waals surface area contributed by atoms with Crippen molar-refractivity contribution in [3.8, 4) is 0 Å². The third-order valence-corrected chi connectivity index (χ3v) is 9.51. The molecule has 9 atom stereocenters. The fourth-order valence-corrected chi connectivity index (χ4v) is 6.47. The summed E-state index contributed by atoms with van der Waals surface area (Å²) in [5.74, 6) is -1.30. The number of likely N-dealkylation sites (N-methyl/N-ethyl adjacent to an activating group) is 2. The molecule has 0 bridgehead atoms. The Labute approximate surface area is 292 Å². The Kier molecular flexibility index (Phi) is 17.6. The molecular formula is C36H61N5O8. The third kappa shape index (κ3) is 11.5. The Morgan fingerprint density at radius 2 is 1.51 bits per heavy atom. The van der Waals surface area contributed by atoms with Crippen LogP contribution in [0.3, 0.4) is 0 Å². The van der Waals surface area contributed by atoms with Crippen molar-refractivity contribution in [1.29, 1.82) is 0 Å². The number of rotatable bonds is 20. The molecule has 13 heteroatoms. The van der Waals surface area contributed by atoms with Crippen LogP contribution in [0.15, 0.2) is 30.3 Å². The zero-order valence-electron chi connectivity index (χ0n) is 31.3. The summed E-state index contributed by atoms with van der Waals surface area (Å²) >= 11 is 0. The molecule has 1 fully saturated rings. The highest BCUT2D eigenvalue weighted by Crippen LogP contribution is 2.27. The van der Waals surface area contributed by atoms with Crippen LogP contribution in [0.1, 0.15) is 59.9 Å². The molecule has 0 saturated carbocycles. The molecule has 0 spiro atoms. The maximum atomic E-state index is 14.0. The van der Waals surface area contributed by atoms with Crippen molar-refractivity contribution in [2.75, 3.05) is 42.0 Å². The van der Waals surface area contributed by atoms with Gasteiger partial charge in [-0.05, 0) is 30.4 Å². The highest BCUT2D eigenvalue weighted by Gasteiger charge is 2.49. The van der Waals surface area contributed by atoms with Crippen molar-refractivity contribution < 1.29 is 38.1 Å². The van der Waals surface area contributed by atoms with Gasteiger partial charge in [-0.1, -0.05) is 78.3 Å². The Hall–Kier alpha value is -3.10. The zero-order chi connectivity index (χ0) is 36.8. The summed E-state index contributed by atoms with van der Waals surface area (Å²) in [5, 5.41) is 11.8. The first-order chi connectivity index (χ1) is 23.2. The quantitative estimate of drug-likeness (QED) is 0.160. The summed E-state index contributed by atoms with van der Waals surface area (Å²) in [5.41, 5.74) is 0.948. The Bertz CT molecular complexity index is 1190. The van der Waals surface area contributed by atoms with Gasteiger partial charge in [-0.25, -0.2) is 0 Å². The lowest BCUT2D eigenvalue weighted by molar-refractivity contribution is -0.144. The lowest BCUT2D eigenvalue weighted by atomic mass is 9.89. The number of amides is 4. The number of benzene rings is 1. The molecule has 1 aliphatic rings. The largest absolute Gasteiger partial charge is 0.379 e. The van der Waals surface area contributed by atoms with Crippen LogP contribution in [-0.4, -0.2) is 119 Å². The molecule has 0 unspecified atom stereocenters. The standard InChI is InChI=1S/C36H61N5O8/c1-12-23(6)30(41(8)36(45)29(22(4)5)40-34(43)28(37-7)21(2)3)25(46-9)18-27(42)38-20-26-31(47-10)32(48-11)33(49-26)35(44)39-19-24-16-14-13-15-17-24/h13-17,21-23,25-26,28-33,37H,12,18-20H2,1-11H3,(H,38,42)(H,39,44)(H,40,43)/t23-,25+,26+,28-,29-,30-,31+,32-,33+/m0/s1. The van der Waals surface area contributed by atoms with Gasteiger partial charge < -0.3 is 45.1 Å². The first-order valence-electron chi connectivity index (χ1n) is 17.3. The van der Waals surface area contributed by atoms with Crippen LogP contribution in [0, 0.1) is 17.8 Å². The van der Waals surface area contributed by atoms with E-state index >= 15 is 0 Å². The molecule has 4 N–H and O–H groups in total. The van der Waals surface area contributed by atoms with Crippen molar-refractivity contribution in [3.05, 3.63) is 35.9 Å². The maximum Gasteiger partial charge on any atom is 0.252 e. The molecular weight excluding hydrogens is 630 g/mol. The number of nitrogens with zero attached hydrogens (tertiary/aromatic N) is 1. The van der Waals surface area contributed by atoms with E-state index in [1.54, 1.807) is 19.0 Å². The first-order valence-corrected chi connectivity index (χ1v) is 17.3. The van der Waals surface area contributed by atoms with Crippen molar-refractivity contribution >= 4 is 23.6 Å². The van der Waals surface area contributed by atoms with Crippen molar-refractivity contribution in [3.63, 3.8) is 0 Å². The van der Waals surface area contributed by atoms with Crippen LogP contribution in [0.2, 0.25) is 0 Å². The molecule has 1 aromatic carbocycles. The predicted octanol–water partition coefficient (Wildman–Crippen LogP) is 1.88. The van der Waals surface area contributed by atoms with Gasteiger partial charge in [0.05, 0.1) is 24.6 Å².